The highest BCUT2D eigenvalue weighted by Gasteiger charge is 2.12. The number of aliphatic carboxylic acids is 1. The number of H-pyrrole nitrogens is 1. The Morgan fingerprint density at radius 1 is 1.03 bits per heavy atom. The Kier molecular flexibility index (Phi) is 7.88. The van der Waals surface area contributed by atoms with Gasteiger partial charge in [-0.3, -0.25) is 4.79 Å². The highest BCUT2D eigenvalue weighted by Crippen LogP contribution is 2.29. The lowest BCUT2D eigenvalue weighted by Gasteiger charge is -2.15. The van der Waals surface area contributed by atoms with Crippen LogP contribution in [0.2, 0.25) is 0 Å². The monoisotopic (exact) mass is 457 g/mol. The number of benzene rings is 2. The molecule has 1 atom stereocenters. The molecule has 0 saturated carbocycles. The van der Waals surface area contributed by atoms with Gasteiger partial charge in [0.05, 0.1) is 5.39 Å². The van der Waals surface area contributed by atoms with E-state index in [1.807, 2.05) is 18.2 Å². The Bertz CT molecular complexity index is 1200. The number of carboxylic acids is 1. The standard InChI is InChI=1S/C27H31N5O2/c1-19(21-8-4-2-5-9-21)31-26-23-16-24(32-27(23)30-18-29-26)22-13-11-20(12-14-22)17-28-15-7-3-6-10-25(33)34/h2,4-5,8-9,11-14,16,18-19,28H,3,6-7,10,15,17H2,1H3,(H,33,34)(H2,29,30,31,32). The van der Waals surface area contributed by atoms with Gasteiger partial charge in [-0.25, -0.2) is 9.97 Å². The second-order valence-corrected chi connectivity index (χ2v) is 8.52. The maximum atomic E-state index is 10.5. The molecule has 2 aromatic heterocycles. The summed E-state index contributed by atoms with van der Waals surface area (Å²) in [5.41, 5.74) is 5.32. The zero-order valence-corrected chi connectivity index (χ0v) is 19.4. The average molecular weight is 458 g/mol. The molecule has 2 aromatic carbocycles. The number of unbranched alkanes of at least 4 members (excludes halogenated alkanes) is 2. The van der Waals surface area contributed by atoms with E-state index in [-0.39, 0.29) is 12.5 Å². The molecule has 7 heteroatoms. The third-order valence-corrected chi connectivity index (χ3v) is 5.92. The summed E-state index contributed by atoms with van der Waals surface area (Å²) in [5, 5.41) is 16.6. The van der Waals surface area contributed by atoms with Crippen LogP contribution >= 0.6 is 0 Å². The van der Waals surface area contributed by atoms with Gasteiger partial charge in [0.15, 0.2) is 0 Å². The Labute approximate surface area is 199 Å². The van der Waals surface area contributed by atoms with Gasteiger partial charge in [-0.1, -0.05) is 61.0 Å². The summed E-state index contributed by atoms with van der Waals surface area (Å²) >= 11 is 0. The molecule has 34 heavy (non-hydrogen) atoms. The summed E-state index contributed by atoms with van der Waals surface area (Å²) in [6.07, 6.45) is 4.50. The second kappa shape index (κ2) is 11.4. The first-order valence-electron chi connectivity index (χ1n) is 11.8. The summed E-state index contributed by atoms with van der Waals surface area (Å²) in [6.45, 7) is 3.81. The van der Waals surface area contributed by atoms with Crippen molar-refractivity contribution in [2.45, 2.75) is 45.2 Å². The summed E-state index contributed by atoms with van der Waals surface area (Å²) in [7, 11) is 0. The number of rotatable bonds is 12. The van der Waals surface area contributed by atoms with E-state index < -0.39 is 5.97 Å². The molecule has 0 spiro atoms. The third kappa shape index (κ3) is 6.20. The van der Waals surface area contributed by atoms with Crippen LogP contribution in [0.1, 0.15) is 49.8 Å². The number of aromatic amines is 1. The minimum Gasteiger partial charge on any atom is -0.481 e. The predicted molar refractivity (Wildman–Crippen MR) is 136 cm³/mol. The zero-order valence-electron chi connectivity index (χ0n) is 19.4. The molecule has 4 aromatic rings. The van der Waals surface area contributed by atoms with E-state index in [1.54, 1.807) is 6.33 Å². The Balaban J connectivity index is 1.36. The van der Waals surface area contributed by atoms with Crippen LogP contribution in [0, 0.1) is 0 Å². The van der Waals surface area contributed by atoms with Crippen LogP contribution in [-0.4, -0.2) is 32.6 Å². The first kappa shape index (κ1) is 23.4. The minimum atomic E-state index is -0.718. The van der Waals surface area contributed by atoms with Crippen LogP contribution in [-0.2, 0) is 11.3 Å². The molecule has 0 bridgehead atoms. The fourth-order valence-corrected chi connectivity index (χ4v) is 3.98. The number of anilines is 1. The van der Waals surface area contributed by atoms with Gasteiger partial charge in [-0.2, -0.15) is 0 Å². The normalized spacial score (nSPS) is 12.0. The van der Waals surface area contributed by atoms with E-state index in [9.17, 15) is 4.79 Å². The first-order chi connectivity index (χ1) is 16.6. The van der Waals surface area contributed by atoms with Gasteiger partial charge in [-0.15, -0.1) is 0 Å². The fraction of sp³-hybridized carbons (Fsp3) is 0.296. The average Bonchev–Trinajstić information content (AvgIpc) is 3.30. The third-order valence-electron chi connectivity index (χ3n) is 5.92. The number of carbonyl (C=O) groups is 1. The maximum absolute atomic E-state index is 10.5. The van der Waals surface area contributed by atoms with Crippen LogP contribution < -0.4 is 10.6 Å². The first-order valence-corrected chi connectivity index (χ1v) is 11.8. The number of nitrogens with zero attached hydrogens (tertiary/aromatic N) is 2. The van der Waals surface area contributed by atoms with E-state index in [2.05, 4.69) is 75.0 Å². The van der Waals surface area contributed by atoms with Gasteiger partial charge < -0.3 is 20.7 Å². The smallest absolute Gasteiger partial charge is 0.303 e. The zero-order chi connectivity index (χ0) is 23.8. The highest BCUT2D eigenvalue weighted by atomic mass is 16.4. The van der Waals surface area contributed by atoms with Crippen molar-refractivity contribution in [2.75, 3.05) is 11.9 Å². The van der Waals surface area contributed by atoms with Crippen molar-refractivity contribution < 1.29 is 9.90 Å². The molecule has 0 aliphatic heterocycles. The SMILES string of the molecule is CC(Nc1ncnc2[nH]c(-c3ccc(CNCCCCCC(=O)O)cc3)cc12)c1ccccc1. The van der Waals surface area contributed by atoms with E-state index in [1.165, 1.54) is 11.1 Å². The number of hydrogen-bond acceptors (Lipinski definition) is 5. The molecule has 0 aliphatic carbocycles. The highest BCUT2D eigenvalue weighted by molar-refractivity contribution is 5.91. The van der Waals surface area contributed by atoms with Crippen molar-refractivity contribution in [3.8, 4) is 11.3 Å². The summed E-state index contributed by atoms with van der Waals surface area (Å²) < 4.78 is 0. The van der Waals surface area contributed by atoms with Gasteiger partial charge in [-0.05, 0) is 49.1 Å². The van der Waals surface area contributed by atoms with E-state index in [0.29, 0.717) is 0 Å². The van der Waals surface area contributed by atoms with Crippen molar-refractivity contribution in [3.05, 3.63) is 78.1 Å². The van der Waals surface area contributed by atoms with Gasteiger partial charge in [0.2, 0.25) is 0 Å². The number of nitrogens with one attached hydrogen (secondary N) is 3. The molecule has 2 heterocycles. The van der Waals surface area contributed by atoms with Crippen LogP contribution in [0.15, 0.2) is 67.0 Å². The van der Waals surface area contributed by atoms with Crippen LogP contribution in [0.4, 0.5) is 5.82 Å². The van der Waals surface area contributed by atoms with Crippen molar-refractivity contribution in [2.24, 2.45) is 0 Å². The molecule has 0 aliphatic rings. The largest absolute Gasteiger partial charge is 0.481 e. The molecule has 1 unspecified atom stereocenters. The number of fused-ring (bicyclic) bond motifs is 1. The maximum Gasteiger partial charge on any atom is 0.303 e. The molecule has 4 rings (SSSR count). The molecule has 7 nitrogen and oxygen atoms in total. The number of hydrogen-bond donors (Lipinski definition) is 4. The van der Waals surface area contributed by atoms with Crippen molar-refractivity contribution in [1.82, 2.24) is 20.3 Å². The molecule has 176 valence electrons. The summed E-state index contributed by atoms with van der Waals surface area (Å²) in [6, 6.07) is 21.0. The quantitative estimate of drug-likeness (QED) is 0.209. The van der Waals surface area contributed by atoms with E-state index >= 15 is 0 Å². The predicted octanol–water partition coefficient (Wildman–Crippen LogP) is 5.53. The molecule has 0 fully saturated rings. The molecular formula is C27H31N5O2. The lowest BCUT2D eigenvalue weighted by Crippen LogP contribution is -2.14. The number of aromatic nitrogens is 3. The molecule has 0 radical (unpaired) electrons. The molecular weight excluding hydrogens is 426 g/mol. The van der Waals surface area contributed by atoms with Crippen molar-refractivity contribution in [3.63, 3.8) is 0 Å². The van der Waals surface area contributed by atoms with Gasteiger partial charge in [0.25, 0.3) is 0 Å². The lowest BCUT2D eigenvalue weighted by atomic mass is 10.1. The molecule has 0 amide bonds. The summed E-state index contributed by atoms with van der Waals surface area (Å²) in [4.78, 5) is 22.9. The van der Waals surface area contributed by atoms with Crippen LogP contribution in [0.25, 0.3) is 22.3 Å². The Morgan fingerprint density at radius 2 is 1.82 bits per heavy atom. The van der Waals surface area contributed by atoms with Crippen molar-refractivity contribution in [1.29, 1.82) is 0 Å². The van der Waals surface area contributed by atoms with Crippen LogP contribution in [0.3, 0.4) is 0 Å². The lowest BCUT2D eigenvalue weighted by molar-refractivity contribution is -0.137. The van der Waals surface area contributed by atoms with Gasteiger partial charge in [0, 0.05) is 24.7 Å². The molecule has 4 N–H and O–H groups in total. The van der Waals surface area contributed by atoms with Gasteiger partial charge >= 0.3 is 5.97 Å². The Hall–Kier alpha value is -3.71. The fourth-order valence-electron chi connectivity index (χ4n) is 3.98. The van der Waals surface area contributed by atoms with E-state index in [4.69, 9.17) is 5.11 Å². The Morgan fingerprint density at radius 3 is 2.59 bits per heavy atom. The second-order valence-electron chi connectivity index (χ2n) is 8.52. The minimum absolute atomic E-state index is 0.126. The summed E-state index contributed by atoms with van der Waals surface area (Å²) in [5.74, 6) is 0.0947. The molecule has 0 saturated heterocycles. The van der Waals surface area contributed by atoms with E-state index in [0.717, 1.165) is 60.5 Å². The topological polar surface area (TPSA) is 103 Å². The van der Waals surface area contributed by atoms with Gasteiger partial charge in [0.1, 0.15) is 17.8 Å². The van der Waals surface area contributed by atoms with Crippen molar-refractivity contribution >= 4 is 22.8 Å². The van der Waals surface area contributed by atoms with Crippen LogP contribution in [0.5, 0.6) is 0 Å². The number of carboxylic acid groups (broad SMARTS) is 1.